The van der Waals surface area contributed by atoms with Gasteiger partial charge in [0.25, 0.3) is 0 Å². The molecule has 0 unspecified atom stereocenters. The van der Waals surface area contributed by atoms with Gasteiger partial charge in [-0.1, -0.05) is 12.1 Å². The molecule has 1 fully saturated rings. The Morgan fingerprint density at radius 2 is 1.92 bits per heavy atom. The summed E-state index contributed by atoms with van der Waals surface area (Å²) in [6.45, 7) is 1.42. The number of aromatic nitrogens is 2. The van der Waals surface area contributed by atoms with E-state index in [9.17, 15) is 9.18 Å². The van der Waals surface area contributed by atoms with Crippen molar-refractivity contribution in [2.24, 2.45) is 0 Å². The molecule has 1 aliphatic rings. The summed E-state index contributed by atoms with van der Waals surface area (Å²) >= 11 is 0. The monoisotopic (exact) mass is 357 g/mol. The van der Waals surface area contributed by atoms with Crippen LogP contribution in [0.3, 0.4) is 0 Å². The summed E-state index contributed by atoms with van der Waals surface area (Å²) in [4.78, 5) is 24.7. The average Bonchev–Trinajstić information content (AvgIpc) is 2.64. The van der Waals surface area contributed by atoms with Crippen LogP contribution in [0.2, 0.25) is 0 Å². The summed E-state index contributed by atoms with van der Waals surface area (Å²) in [6, 6.07) is 8.32. The van der Waals surface area contributed by atoms with Crippen molar-refractivity contribution >= 4 is 17.5 Å². The Bertz CT molecular complexity index is 742. The van der Waals surface area contributed by atoms with E-state index >= 15 is 0 Å². The largest absolute Gasteiger partial charge is 0.367 e. The molecule has 7 heteroatoms. The van der Waals surface area contributed by atoms with Gasteiger partial charge in [0.15, 0.2) is 0 Å². The van der Waals surface area contributed by atoms with Crippen LogP contribution in [0.15, 0.2) is 36.7 Å². The van der Waals surface area contributed by atoms with Gasteiger partial charge < -0.3 is 15.1 Å². The van der Waals surface area contributed by atoms with Crippen molar-refractivity contribution in [2.75, 3.05) is 37.4 Å². The van der Waals surface area contributed by atoms with Gasteiger partial charge in [-0.15, -0.1) is 0 Å². The van der Waals surface area contributed by atoms with E-state index in [4.69, 9.17) is 0 Å². The summed E-state index contributed by atoms with van der Waals surface area (Å²) in [5.41, 5.74) is 0.842. The highest BCUT2D eigenvalue weighted by Crippen LogP contribution is 2.18. The van der Waals surface area contributed by atoms with Gasteiger partial charge in [0.05, 0.1) is 6.42 Å². The maximum absolute atomic E-state index is 13.0. The van der Waals surface area contributed by atoms with Crippen LogP contribution in [0, 0.1) is 5.82 Å². The average molecular weight is 357 g/mol. The number of halogens is 1. The smallest absolute Gasteiger partial charge is 0.226 e. The molecule has 2 heterocycles. The van der Waals surface area contributed by atoms with Crippen molar-refractivity contribution in [3.05, 3.63) is 48.0 Å². The topological polar surface area (TPSA) is 61.4 Å². The van der Waals surface area contributed by atoms with E-state index in [0.29, 0.717) is 19.5 Å². The van der Waals surface area contributed by atoms with Gasteiger partial charge in [-0.2, -0.15) is 0 Å². The number of nitrogens with one attached hydrogen (secondary N) is 1. The van der Waals surface area contributed by atoms with E-state index < -0.39 is 0 Å². The van der Waals surface area contributed by atoms with Crippen LogP contribution >= 0.6 is 0 Å². The second-order valence-electron chi connectivity index (χ2n) is 6.76. The number of rotatable bonds is 5. The number of carbonyl (C=O) groups is 1. The molecule has 0 saturated carbocycles. The second kappa shape index (κ2) is 8.12. The van der Waals surface area contributed by atoms with E-state index in [2.05, 4.69) is 15.3 Å². The molecule has 6 nitrogen and oxygen atoms in total. The lowest BCUT2D eigenvalue weighted by molar-refractivity contribution is -0.131. The quantitative estimate of drug-likeness (QED) is 0.890. The number of anilines is 2. The Kier molecular flexibility index (Phi) is 5.65. The highest BCUT2D eigenvalue weighted by Gasteiger charge is 2.23. The predicted molar refractivity (Wildman–Crippen MR) is 99.7 cm³/mol. The van der Waals surface area contributed by atoms with Crippen LogP contribution in [0.5, 0.6) is 0 Å². The summed E-state index contributed by atoms with van der Waals surface area (Å²) in [6.07, 6.45) is 3.61. The molecule has 1 aromatic heterocycles. The van der Waals surface area contributed by atoms with E-state index in [1.807, 2.05) is 30.0 Å². The van der Waals surface area contributed by atoms with Crippen LogP contribution in [0.25, 0.3) is 0 Å². The number of hydrogen-bond donors (Lipinski definition) is 1. The lowest BCUT2D eigenvalue weighted by atomic mass is 10.0. The van der Waals surface area contributed by atoms with Crippen molar-refractivity contribution in [3.63, 3.8) is 0 Å². The molecule has 1 amide bonds. The zero-order valence-corrected chi connectivity index (χ0v) is 15.2. The normalized spacial score (nSPS) is 15.0. The van der Waals surface area contributed by atoms with Gasteiger partial charge in [0.2, 0.25) is 5.91 Å². The highest BCUT2D eigenvalue weighted by atomic mass is 19.1. The van der Waals surface area contributed by atoms with Crippen LogP contribution in [0.1, 0.15) is 18.4 Å². The number of hydrogen-bond acceptors (Lipinski definition) is 5. The number of amides is 1. The first kappa shape index (κ1) is 18.1. The van der Waals surface area contributed by atoms with Crippen LogP contribution in [-0.4, -0.2) is 54.0 Å². The molecule has 1 aromatic carbocycles. The minimum atomic E-state index is -0.282. The van der Waals surface area contributed by atoms with Gasteiger partial charge in [0, 0.05) is 39.3 Å². The Labute approximate surface area is 153 Å². The van der Waals surface area contributed by atoms with E-state index in [0.717, 1.165) is 30.0 Å². The van der Waals surface area contributed by atoms with E-state index in [-0.39, 0.29) is 17.8 Å². The summed E-state index contributed by atoms with van der Waals surface area (Å²) in [5, 5.41) is 3.43. The predicted octanol–water partition coefficient (Wildman–Crippen LogP) is 2.33. The summed E-state index contributed by atoms with van der Waals surface area (Å²) in [7, 11) is 3.88. The number of carbonyl (C=O) groups excluding carboxylic acids is 1. The van der Waals surface area contributed by atoms with Crippen LogP contribution in [0.4, 0.5) is 16.0 Å². The van der Waals surface area contributed by atoms with Crippen molar-refractivity contribution in [1.29, 1.82) is 0 Å². The van der Waals surface area contributed by atoms with Gasteiger partial charge in [0.1, 0.15) is 23.8 Å². The number of likely N-dealkylation sites (tertiary alicyclic amines) is 1. The SMILES string of the molecule is CN(C)c1cc(NC2CCN(C(=O)Cc3ccc(F)cc3)CC2)ncn1. The minimum Gasteiger partial charge on any atom is -0.367 e. The Morgan fingerprint density at radius 1 is 1.23 bits per heavy atom. The van der Waals surface area contributed by atoms with Gasteiger partial charge in [-0.05, 0) is 30.5 Å². The molecular weight excluding hydrogens is 333 g/mol. The molecule has 0 spiro atoms. The maximum Gasteiger partial charge on any atom is 0.226 e. The first-order chi connectivity index (χ1) is 12.5. The first-order valence-electron chi connectivity index (χ1n) is 8.79. The fourth-order valence-corrected chi connectivity index (χ4v) is 3.04. The first-order valence-corrected chi connectivity index (χ1v) is 8.79. The Balaban J connectivity index is 1.50. The zero-order chi connectivity index (χ0) is 18.5. The standard InChI is InChI=1S/C19H24FN5O/c1-24(2)18-12-17(21-13-22-18)23-16-7-9-25(10-8-16)19(26)11-14-3-5-15(20)6-4-14/h3-6,12-13,16H,7-11H2,1-2H3,(H,21,22,23). The van der Waals surface area contributed by atoms with Crippen molar-refractivity contribution < 1.29 is 9.18 Å². The van der Waals surface area contributed by atoms with Crippen molar-refractivity contribution in [3.8, 4) is 0 Å². The molecule has 0 radical (unpaired) electrons. The fraction of sp³-hybridized carbons (Fsp3) is 0.421. The minimum absolute atomic E-state index is 0.0898. The molecule has 1 N–H and O–H groups in total. The fourth-order valence-electron chi connectivity index (χ4n) is 3.04. The third kappa shape index (κ3) is 4.68. The summed E-state index contributed by atoms with van der Waals surface area (Å²) in [5.74, 6) is 1.47. The maximum atomic E-state index is 13.0. The lowest BCUT2D eigenvalue weighted by Crippen LogP contribution is -2.43. The number of piperidine rings is 1. The lowest BCUT2D eigenvalue weighted by Gasteiger charge is -2.32. The van der Waals surface area contributed by atoms with Gasteiger partial charge in [-0.25, -0.2) is 14.4 Å². The molecule has 0 aliphatic carbocycles. The van der Waals surface area contributed by atoms with Crippen molar-refractivity contribution in [2.45, 2.75) is 25.3 Å². The van der Waals surface area contributed by atoms with Crippen LogP contribution < -0.4 is 10.2 Å². The third-order valence-corrected chi connectivity index (χ3v) is 4.58. The summed E-state index contributed by atoms with van der Waals surface area (Å²) < 4.78 is 13.0. The Hall–Kier alpha value is -2.70. The Morgan fingerprint density at radius 3 is 2.58 bits per heavy atom. The molecule has 0 bridgehead atoms. The molecule has 0 atom stereocenters. The van der Waals surface area contributed by atoms with E-state index in [1.165, 1.54) is 12.1 Å². The molecule has 1 aliphatic heterocycles. The molecule has 2 aromatic rings. The van der Waals surface area contributed by atoms with Crippen LogP contribution in [-0.2, 0) is 11.2 Å². The number of nitrogens with zero attached hydrogens (tertiary/aromatic N) is 4. The molecule has 138 valence electrons. The molecule has 26 heavy (non-hydrogen) atoms. The highest BCUT2D eigenvalue weighted by molar-refractivity contribution is 5.78. The third-order valence-electron chi connectivity index (χ3n) is 4.58. The van der Waals surface area contributed by atoms with Crippen molar-refractivity contribution in [1.82, 2.24) is 14.9 Å². The second-order valence-corrected chi connectivity index (χ2v) is 6.76. The molecular formula is C19H24FN5O. The molecule has 1 saturated heterocycles. The number of benzene rings is 1. The zero-order valence-electron chi connectivity index (χ0n) is 15.2. The van der Waals surface area contributed by atoms with Gasteiger partial charge >= 0.3 is 0 Å². The van der Waals surface area contributed by atoms with Gasteiger partial charge in [-0.3, -0.25) is 4.79 Å². The van der Waals surface area contributed by atoms with E-state index in [1.54, 1.807) is 18.5 Å². The molecule has 3 rings (SSSR count).